The van der Waals surface area contributed by atoms with Crippen molar-refractivity contribution < 1.29 is 24.3 Å². The van der Waals surface area contributed by atoms with E-state index in [-0.39, 0.29) is 12.2 Å². The fraction of sp³-hybridized carbons (Fsp3) is 0.333. The molecule has 168 valence electrons. The van der Waals surface area contributed by atoms with Gasteiger partial charge in [-0.15, -0.1) is 0 Å². The molecule has 0 aliphatic heterocycles. The van der Waals surface area contributed by atoms with E-state index in [0.717, 1.165) is 0 Å². The lowest BCUT2D eigenvalue weighted by molar-refractivity contribution is -0.136. The quantitative estimate of drug-likeness (QED) is 0.492. The summed E-state index contributed by atoms with van der Waals surface area (Å²) in [4.78, 5) is 49.4. The molecule has 8 heteroatoms. The van der Waals surface area contributed by atoms with Crippen LogP contribution < -0.4 is 16.4 Å². The van der Waals surface area contributed by atoms with Gasteiger partial charge in [0.15, 0.2) is 6.10 Å². The monoisotopic (exact) mass is 437 g/mol. The third-order valence-electron chi connectivity index (χ3n) is 5.66. The van der Waals surface area contributed by atoms with E-state index in [9.17, 15) is 24.3 Å². The molecule has 0 radical (unpaired) electrons. The summed E-state index contributed by atoms with van der Waals surface area (Å²) in [5.41, 5.74) is 6.38. The van der Waals surface area contributed by atoms with Crippen LogP contribution in [0.1, 0.15) is 47.6 Å². The molecule has 1 aliphatic carbocycles. The Morgan fingerprint density at radius 1 is 0.969 bits per heavy atom. The van der Waals surface area contributed by atoms with Gasteiger partial charge in [0.1, 0.15) is 11.8 Å². The summed E-state index contributed by atoms with van der Waals surface area (Å²) in [7, 11) is 0. The van der Waals surface area contributed by atoms with Crippen LogP contribution >= 0.6 is 0 Å². The number of rotatable bonds is 8. The minimum absolute atomic E-state index is 0.0135. The van der Waals surface area contributed by atoms with Crippen molar-refractivity contribution >= 4 is 23.5 Å². The highest BCUT2D eigenvalue weighted by molar-refractivity contribution is 5.95. The second-order valence-corrected chi connectivity index (χ2v) is 7.96. The summed E-state index contributed by atoms with van der Waals surface area (Å²) in [6, 6.07) is 14.9. The highest BCUT2D eigenvalue weighted by atomic mass is 16.3. The van der Waals surface area contributed by atoms with E-state index < -0.39 is 41.8 Å². The maximum absolute atomic E-state index is 12.9. The van der Waals surface area contributed by atoms with Crippen LogP contribution in [0.25, 0.3) is 0 Å². The average Bonchev–Trinajstić information content (AvgIpc) is 2.81. The SMILES string of the molecule is NC(=O)[C@@H](NC(=O)[C@H](O)[C@@H](NC(=O)c1ccccc1)c1ccccc1)[C@H]1CCCC(=O)C1. The minimum Gasteiger partial charge on any atom is -0.381 e. The summed E-state index contributed by atoms with van der Waals surface area (Å²) in [6.07, 6.45) is 0.0941. The van der Waals surface area contributed by atoms with E-state index in [1.165, 1.54) is 0 Å². The largest absolute Gasteiger partial charge is 0.381 e. The van der Waals surface area contributed by atoms with Crippen molar-refractivity contribution in [3.05, 3.63) is 71.8 Å². The van der Waals surface area contributed by atoms with Gasteiger partial charge >= 0.3 is 0 Å². The lowest BCUT2D eigenvalue weighted by Gasteiger charge is -2.30. The lowest BCUT2D eigenvalue weighted by atomic mass is 9.82. The highest BCUT2D eigenvalue weighted by Crippen LogP contribution is 2.25. The average molecular weight is 437 g/mol. The van der Waals surface area contributed by atoms with E-state index in [1.54, 1.807) is 60.7 Å². The number of carbonyl (C=O) groups is 4. The summed E-state index contributed by atoms with van der Waals surface area (Å²) in [5, 5.41) is 16.1. The third-order valence-corrected chi connectivity index (χ3v) is 5.66. The Kier molecular flexibility index (Phi) is 7.72. The molecule has 8 nitrogen and oxygen atoms in total. The van der Waals surface area contributed by atoms with Gasteiger partial charge in [0.2, 0.25) is 5.91 Å². The molecule has 0 spiro atoms. The summed E-state index contributed by atoms with van der Waals surface area (Å²) in [6.45, 7) is 0. The predicted molar refractivity (Wildman–Crippen MR) is 117 cm³/mol. The maximum atomic E-state index is 12.9. The molecule has 2 aromatic rings. The second kappa shape index (κ2) is 10.7. The number of aliphatic hydroxyl groups excluding tert-OH is 1. The van der Waals surface area contributed by atoms with Crippen molar-refractivity contribution in [1.29, 1.82) is 0 Å². The van der Waals surface area contributed by atoms with E-state index in [0.29, 0.717) is 30.4 Å². The molecule has 0 bridgehead atoms. The molecule has 0 saturated heterocycles. The topological polar surface area (TPSA) is 139 Å². The standard InChI is InChI=1S/C24H27N3O5/c25-22(30)20(17-12-7-13-18(28)14-17)27-24(32)21(29)19(15-8-3-1-4-9-15)26-23(31)16-10-5-2-6-11-16/h1-6,8-11,17,19-21,29H,7,12-14H2,(H2,25,30)(H,26,31)(H,27,32)/t17-,19-,20-,21+/m0/s1. The molecular formula is C24H27N3O5. The number of nitrogens with two attached hydrogens (primary N) is 1. The van der Waals surface area contributed by atoms with Crippen LogP contribution in [0.2, 0.25) is 0 Å². The Hall–Kier alpha value is -3.52. The number of ketones is 1. The lowest BCUT2D eigenvalue weighted by Crippen LogP contribution is -2.54. The van der Waals surface area contributed by atoms with E-state index >= 15 is 0 Å². The minimum atomic E-state index is -1.69. The summed E-state index contributed by atoms with van der Waals surface area (Å²) < 4.78 is 0. The van der Waals surface area contributed by atoms with Gasteiger partial charge in [0, 0.05) is 18.4 Å². The Bertz CT molecular complexity index is 964. The molecule has 1 fully saturated rings. The normalized spacial score (nSPS) is 18.8. The number of Topliss-reactive ketones (excluding diaryl/α,β-unsaturated/α-hetero) is 1. The first-order chi connectivity index (χ1) is 15.4. The number of hydrogen-bond donors (Lipinski definition) is 4. The van der Waals surface area contributed by atoms with Crippen molar-refractivity contribution in [3.63, 3.8) is 0 Å². The van der Waals surface area contributed by atoms with Gasteiger partial charge in [0.05, 0.1) is 6.04 Å². The van der Waals surface area contributed by atoms with E-state index in [2.05, 4.69) is 10.6 Å². The van der Waals surface area contributed by atoms with Crippen molar-refractivity contribution in [2.45, 2.75) is 43.9 Å². The van der Waals surface area contributed by atoms with Crippen LogP contribution in [-0.4, -0.2) is 40.8 Å². The Labute approximate surface area is 186 Å². The van der Waals surface area contributed by atoms with Gasteiger partial charge in [-0.1, -0.05) is 48.5 Å². The number of primary amides is 1. The zero-order valence-electron chi connectivity index (χ0n) is 17.6. The second-order valence-electron chi connectivity index (χ2n) is 7.96. The van der Waals surface area contributed by atoms with Gasteiger partial charge in [0.25, 0.3) is 11.8 Å². The molecule has 0 unspecified atom stereocenters. The molecular weight excluding hydrogens is 410 g/mol. The zero-order valence-corrected chi connectivity index (χ0v) is 17.6. The Balaban J connectivity index is 1.79. The number of hydrogen-bond acceptors (Lipinski definition) is 5. The molecule has 5 N–H and O–H groups in total. The van der Waals surface area contributed by atoms with Crippen molar-refractivity contribution in [2.75, 3.05) is 0 Å². The van der Waals surface area contributed by atoms with E-state index in [1.807, 2.05) is 0 Å². The number of aliphatic hydroxyl groups is 1. The summed E-state index contributed by atoms with van der Waals surface area (Å²) >= 11 is 0. The predicted octanol–water partition coefficient (Wildman–Crippen LogP) is 1.25. The first-order valence-electron chi connectivity index (χ1n) is 10.6. The molecule has 0 heterocycles. The van der Waals surface area contributed by atoms with Crippen LogP contribution in [0.3, 0.4) is 0 Å². The molecule has 32 heavy (non-hydrogen) atoms. The number of nitrogens with one attached hydrogen (secondary N) is 2. The van der Waals surface area contributed by atoms with Gasteiger partial charge in [-0.05, 0) is 36.5 Å². The van der Waals surface area contributed by atoms with Gasteiger partial charge < -0.3 is 21.5 Å². The van der Waals surface area contributed by atoms with E-state index in [4.69, 9.17) is 5.73 Å². The van der Waals surface area contributed by atoms with Crippen LogP contribution in [0, 0.1) is 5.92 Å². The van der Waals surface area contributed by atoms with Crippen molar-refractivity contribution in [2.24, 2.45) is 11.7 Å². The molecule has 1 aliphatic rings. The van der Waals surface area contributed by atoms with Gasteiger partial charge in [-0.2, -0.15) is 0 Å². The van der Waals surface area contributed by atoms with Crippen LogP contribution in [0.5, 0.6) is 0 Å². The fourth-order valence-corrected chi connectivity index (χ4v) is 3.97. The van der Waals surface area contributed by atoms with Crippen molar-refractivity contribution in [1.82, 2.24) is 10.6 Å². The molecule has 3 amide bonds. The van der Waals surface area contributed by atoms with Crippen LogP contribution in [0.4, 0.5) is 0 Å². The number of benzene rings is 2. The van der Waals surface area contributed by atoms with Crippen LogP contribution in [-0.2, 0) is 14.4 Å². The Morgan fingerprint density at radius 3 is 2.19 bits per heavy atom. The Morgan fingerprint density at radius 2 is 1.59 bits per heavy atom. The fourth-order valence-electron chi connectivity index (χ4n) is 3.97. The summed E-state index contributed by atoms with van der Waals surface area (Å²) in [5.74, 6) is -2.49. The zero-order chi connectivity index (χ0) is 23.1. The van der Waals surface area contributed by atoms with Crippen LogP contribution in [0.15, 0.2) is 60.7 Å². The molecule has 1 saturated carbocycles. The number of amides is 3. The van der Waals surface area contributed by atoms with Crippen molar-refractivity contribution in [3.8, 4) is 0 Å². The maximum Gasteiger partial charge on any atom is 0.252 e. The first-order valence-corrected chi connectivity index (χ1v) is 10.6. The smallest absolute Gasteiger partial charge is 0.252 e. The molecule has 3 rings (SSSR count). The highest BCUT2D eigenvalue weighted by Gasteiger charge is 2.36. The number of carbonyl (C=O) groups excluding carboxylic acids is 4. The van der Waals surface area contributed by atoms with Gasteiger partial charge in [-0.3, -0.25) is 19.2 Å². The third kappa shape index (κ3) is 5.79. The first kappa shape index (κ1) is 23.1. The molecule has 4 atom stereocenters. The molecule has 0 aromatic heterocycles. The molecule has 2 aromatic carbocycles. The van der Waals surface area contributed by atoms with Gasteiger partial charge in [-0.25, -0.2) is 0 Å².